The van der Waals surface area contributed by atoms with Crippen LogP contribution in [0.1, 0.15) is 13.8 Å². The summed E-state index contributed by atoms with van der Waals surface area (Å²) in [6.07, 6.45) is -1.39. The fraction of sp³-hybridized carbons (Fsp3) is 0.429. The summed E-state index contributed by atoms with van der Waals surface area (Å²) in [6.45, 7) is 2.74. The average molecular weight is 444 g/mol. The normalized spacial score (nSPS) is 18.1. The maximum Gasteiger partial charge on any atom is 0.419 e. The molecule has 23 heavy (non-hydrogen) atoms. The Hall–Kier alpha value is -1.36. The molecule has 0 bridgehead atoms. The number of rotatable bonds is 7. The van der Waals surface area contributed by atoms with Crippen LogP contribution < -0.4 is 5.32 Å². The van der Waals surface area contributed by atoms with E-state index in [0.717, 1.165) is 6.21 Å². The van der Waals surface area contributed by atoms with Crippen LogP contribution in [0.4, 0.5) is 13.2 Å². The molecule has 2 N–H and O–H groups in total. The van der Waals surface area contributed by atoms with E-state index in [1.54, 1.807) is 13.8 Å². The highest BCUT2D eigenvalue weighted by molar-refractivity contribution is 14.1. The van der Waals surface area contributed by atoms with Crippen molar-refractivity contribution in [1.29, 1.82) is 5.41 Å². The van der Waals surface area contributed by atoms with E-state index >= 15 is 0 Å². The number of alkyl halides is 3. The molecule has 1 aliphatic heterocycles. The summed E-state index contributed by atoms with van der Waals surface area (Å²) in [5.74, 6) is -0.317. The molecule has 128 valence electrons. The topological polar surface area (TPSA) is 71.4 Å². The van der Waals surface area contributed by atoms with Gasteiger partial charge in [-0.1, -0.05) is 13.8 Å². The van der Waals surface area contributed by atoms with E-state index in [9.17, 15) is 18.0 Å². The van der Waals surface area contributed by atoms with E-state index in [2.05, 4.69) is 8.38 Å². The summed E-state index contributed by atoms with van der Waals surface area (Å²) in [5, 5.41) is 10.1. The Kier molecular flexibility index (Phi) is 7.26. The first-order valence-electron chi connectivity index (χ1n) is 6.61. The van der Waals surface area contributed by atoms with Gasteiger partial charge in [0.1, 0.15) is 35.4 Å². The Balaban J connectivity index is 2.74. The molecule has 0 saturated heterocycles. The number of hydrogen-bond donors (Lipinski definition) is 2. The lowest BCUT2D eigenvalue weighted by Gasteiger charge is -2.20. The third kappa shape index (κ3) is 5.65. The van der Waals surface area contributed by atoms with Gasteiger partial charge >= 0.3 is 6.18 Å². The van der Waals surface area contributed by atoms with Gasteiger partial charge in [0.25, 0.3) is 0 Å². The monoisotopic (exact) mass is 444 g/mol. The molecule has 0 amide bonds. The van der Waals surface area contributed by atoms with Crippen molar-refractivity contribution < 1.29 is 25.8 Å². The van der Waals surface area contributed by atoms with Crippen molar-refractivity contribution in [1.82, 2.24) is 5.32 Å². The second-order valence-corrected chi connectivity index (χ2v) is 5.45. The Morgan fingerprint density at radius 1 is 1.43 bits per heavy atom. The van der Waals surface area contributed by atoms with Crippen LogP contribution in [-0.2, 0) is 12.6 Å². The van der Waals surface area contributed by atoms with Crippen molar-refractivity contribution >= 4 is 35.0 Å². The molecule has 0 aromatic carbocycles. The van der Waals surface area contributed by atoms with Crippen LogP contribution in [-0.4, -0.2) is 30.9 Å². The van der Waals surface area contributed by atoms with Crippen LogP contribution in [0.3, 0.4) is 0 Å². The minimum Gasteiger partial charge on any atom is -0.489 e. The van der Waals surface area contributed by atoms with Crippen molar-refractivity contribution in [2.75, 3.05) is 6.61 Å². The predicted molar refractivity (Wildman–Crippen MR) is 86.9 cm³/mol. The molecular formula is C14H16F3IN2O3. The molecule has 9 heteroatoms. The number of Topliss-reactive ketones (excluding diaryl/α,β-unsaturated/α-hetero) is 1. The lowest BCUT2D eigenvalue weighted by atomic mass is 9.99. The van der Waals surface area contributed by atoms with E-state index in [-0.39, 0.29) is 23.0 Å². The minimum atomic E-state index is -4.52. The Labute approximate surface area is 145 Å². The van der Waals surface area contributed by atoms with Crippen LogP contribution in [0.5, 0.6) is 0 Å². The molecule has 0 aliphatic carbocycles. The fourth-order valence-corrected chi connectivity index (χ4v) is 2.04. The lowest BCUT2D eigenvalue weighted by Crippen LogP contribution is -2.33. The number of ketones is 1. The smallest absolute Gasteiger partial charge is 0.419 e. The van der Waals surface area contributed by atoms with Crippen molar-refractivity contribution in [3.63, 3.8) is 0 Å². The molecule has 1 heterocycles. The van der Waals surface area contributed by atoms with Gasteiger partial charge in [-0.25, -0.2) is 0 Å². The highest BCUT2D eigenvalue weighted by Gasteiger charge is 2.41. The molecular weight excluding hydrogens is 428 g/mol. The number of carbonyl (C=O) groups is 1. The molecule has 5 nitrogen and oxygen atoms in total. The number of dihydropyridines is 1. The van der Waals surface area contributed by atoms with Crippen molar-refractivity contribution in [3.05, 3.63) is 35.4 Å². The molecule has 0 aromatic heterocycles. The molecule has 1 aliphatic rings. The van der Waals surface area contributed by atoms with Gasteiger partial charge in [0.2, 0.25) is 0 Å². The van der Waals surface area contributed by atoms with E-state index in [1.807, 2.05) is 0 Å². The first kappa shape index (κ1) is 19.7. The Bertz CT molecular complexity index is 554. The zero-order valence-corrected chi connectivity index (χ0v) is 14.6. The van der Waals surface area contributed by atoms with Gasteiger partial charge in [-0.3, -0.25) is 7.86 Å². The number of ether oxygens (including phenoxy) is 1. The average Bonchev–Trinajstić information content (AvgIpc) is 2.48. The van der Waals surface area contributed by atoms with Crippen LogP contribution in [0.2, 0.25) is 0 Å². The maximum atomic E-state index is 12.5. The molecule has 0 spiro atoms. The second kappa shape index (κ2) is 8.48. The number of halogens is 4. The molecule has 1 atom stereocenters. The van der Waals surface area contributed by atoms with Gasteiger partial charge in [0.05, 0.1) is 11.3 Å². The number of hydrogen-bond acceptors (Lipinski definition) is 5. The van der Waals surface area contributed by atoms with Crippen LogP contribution in [0.15, 0.2) is 35.4 Å². The number of carbonyl (C=O) groups excluding carboxylic acids is 1. The van der Waals surface area contributed by atoms with E-state index < -0.39 is 18.9 Å². The maximum absolute atomic E-state index is 12.5. The summed E-state index contributed by atoms with van der Waals surface area (Å²) in [4.78, 5) is 11.9. The summed E-state index contributed by atoms with van der Waals surface area (Å²) < 4.78 is 46.9. The molecule has 1 rings (SSSR count). The third-order valence-corrected chi connectivity index (χ3v) is 3.50. The largest absolute Gasteiger partial charge is 0.489 e. The van der Waals surface area contributed by atoms with Crippen LogP contribution >= 0.6 is 23.0 Å². The van der Waals surface area contributed by atoms with Gasteiger partial charge in [-0.15, -0.1) is 0 Å². The summed E-state index contributed by atoms with van der Waals surface area (Å²) in [5.41, 5.74) is 0.582. The summed E-state index contributed by atoms with van der Waals surface area (Å²) >= 11 is 1.18. The predicted octanol–water partition coefficient (Wildman–Crippen LogP) is 3.43. The zero-order chi connectivity index (χ0) is 17.6. The molecule has 1 unspecified atom stereocenters. The van der Waals surface area contributed by atoms with E-state index in [0.29, 0.717) is 5.70 Å². The Morgan fingerprint density at radius 3 is 2.48 bits per heavy atom. The van der Waals surface area contributed by atoms with E-state index in [4.69, 9.17) is 10.1 Å². The minimum absolute atomic E-state index is 0.165. The highest BCUT2D eigenvalue weighted by Crippen LogP contribution is 2.25. The van der Waals surface area contributed by atoms with Crippen molar-refractivity contribution in [2.45, 2.75) is 26.1 Å². The third-order valence-electron chi connectivity index (χ3n) is 2.88. The Morgan fingerprint density at radius 2 is 2.09 bits per heavy atom. The summed E-state index contributed by atoms with van der Waals surface area (Å²) in [7, 11) is 0. The number of allylic oxidation sites excluding steroid dienone is 3. The van der Waals surface area contributed by atoms with Crippen LogP contribution in [0.25, 0.3) is 0 Å². The first-order chi connectivity index (χ1) is 10.7. The number of nitrogens with one attached hydrogen (secondary N) is 2. The standard InChI is InChI=1S/C14H16F3IN2O3/c1-8(2)13(21)10(5-19)11-4-3-9(6-20-11)22-7-12(23-18)14(15,16)17/h3-6,8,12,19-20H,7H2,1-2H3/b11-10+,19-5?. The fourth-order valence-electron chi connectivity index (χ4n) is 1.60. The van der Waals surface area contributed by atoms with Gasteiger partial charge in [-0.2, -0.15) is 13.2 Å². The molecule has 0 aromatic rings. The van der Waals surface area contributed by atoms with Crippen molar-refractivity contribution in [2.24, 2.45) is 5.92 Å². The molecule has 0 radical (unpaired) electrons. The highest BCUT2D eigenvalue weighted by atomic mass is 127. The lowest BCUT2D eigenvalue weighted by molar-refractivity contribution is -0.196. The van der Waals surface area contributed by atoms with E-state index in [1.165, 1.54) is 41.4 Å². The quantitative estimate of drug-likeness (QED) is 0.359. The van der Waals surface area contributed by atoms with Crippen LogP contribution in [0, 0.1) is 11.3 Å². The van der Waals surface area contributed by atoms with Gasteiger partial charge in [-0.05, 0) is 12.2 Å². The molecule has 0 saturated carbocycles. The van der Waals surface area contributed by atoms with Crippen molar-refractivity contribution in [3.8, 4) is 0 Å². The summed E-state index contributed by atoms with van der Waals surface area (Å²) in [6, 6.07) is 0. The van der Waals surface area contributed by atoms with Gasteiger partial charge < -0.3 is 15.5 Å². The molecule has 0 fully saturated rings. The SMILES string of the molecule is CC(C)C(=O)/C(C=N)=C1\C=CC(OCC(OI)C(F)(F)F)=CN1. The van der Waals surface area contributed by atoms with Gasteiger partial charge in [0.15, 0.2) is 11.9 Å². The zero-order valence-electron chi connectivity index (χ0n) is 12.4. The second-order valence-electron chi connectivity index (χ2n) is 4.95. The first-order valence-corrected chi connectivity index (χ1v) is 7.49. The van der Waals surface area contributed by atoms with Gasteiger partial charge in [0, 0.05) is 18.3 Å².